The van der Waals surface area contributed by atoms with Gasteiger partial charge in [0, 0.05) is 24.2 Å². The molecule has 0 saturated heterocycles. The minimum atomic E-state index is -0.534. The number of hydrogen-bond acceptors (Lipinski definition) is 4. The van der Waals surface area contributed by atoms with Crippen LogP contribution in [0.1, 0.15) is 40.7 Å². The summed E-state index contributed by atoms with van der Waals surface area (Å²) >= 11 is 0. The molecule has 2 aromatic rings. The molecule has 156 valence electrons. The zero-order valence-electron chi connectivity index (χ0n) is 16.6. The van der Waals surface area contributed by atoms with E-state index in [1.165, 1.54) is 31.4 Å². The van der Waals surface area contributed by atoms with Gasteiger partial charge in [0.2, 0.25) is 11.8 Å². The number of rotatable bonds is 7. The second-order valence-corrected chi connectivity index (χ2v) is 7.13. The summed E-state index contributed by atoms with van der Waals surface area (Å²) in [6.45, 7) is 0.142. The number of methoxy groups -OCH3 is 1. The van der Waals surface area contributed by atoms with E-state index in [-0.39, 0.29) is 35.7 Å². The summed E-state index contributed by atoms with van der Waals surface area (Å²) in [5.74, 6) is -1.36. The van der Waals surface area contributed by atoms with Crippen LogP contribution in [0.4, 0.5) is 10.1 Å². The van der Waals surface area contributed by atoms with Crippen LogP contribution in [0.3, 0.4) is 0 Å². The zero-order chi connectivity index (χ0) is 21.5. The van der Waals surface area contributed by atoms with Crippen molar-refractivity contribution in [2.24, 2.45) is 5.92 Å². The predicted molar refractivity (Wildman–Crippen MR) is 111 cm³/mol. The molecule has 0 atom stereocenters. The van der Waals surface area contributed by atoms with E-state index >= 15 is 0 Å². The molecule has 2 amide bonds. The second-order valence-electron chi connectivity index (χ2n) is 7.13. The van der Waals surface area contributed by atoms with Crippen molar-refractivity contribution in [3.63, 3.8) is 0 Å². The van der Waals surface area contributed by atoms with Crippen molar-refractivity contribution in [2.75, 3.05) is 12.4 Å². The van der Waals surface area contributed by atoms with Crippen molar-refractivity contribution in [1.82, 2.24) is 5.32 Å². The van der Waals surface area contributed by atoms with Gasteiger partial charge in [-0.3, -0.25) is 9.59 Å². The molecule has 7 heteroatoms. The Hall–Kier alpha value is -3.48. The van der Waals surface area contributed by atoms with E-state index in [1.807, 2.05) is 0 Å². The normalized spacial score (nSPS) is 13.5. The Morgan fingerprint density at radius 1 is 1.17 bits per heavy atom. The van der Waals surface area contributed by atoms with Gasteiger partial charge < -0.3 is 15.4 Å². The number of amides is 2. The Morgan fingerprint density at radius 3 is 2.63 bits per heavy atom. The van der Waals surface area contributed by atoms with Gasteiger partial charge in [-0.1, -0.05) is 18.6 Å². The first-order valence-corrected chi connectivity index (χ1v) is 9.69. The van der Waals surface area contributed by atoms with Gasteiger partial charge in [0.25, 0.3) is 0 Å². The first kappa shape index (κ1) is 21.2. The minimum Gasteiger partial charge on any atom is -0.465 e. The van der Waals surface area contributed by atoms with E-state index in [2.05, 4.69) is 10.6 Å². The van der Waals surface area contributed by atoms with Crippen LogP contribution in [-0.4, -0.2) is 24.9 Å². The van der Waals surface area contributed by atoms with Crippen LogP contribution >= 0.6 is 0 Å². The molecule has 1 saturated carbocycles. The van der Waals surface area contributed by atoms with Crippen molar-refractivity contribution in [2.45, 2.75) is 25.8 Å². The quantitative estimate of drug-likeness (QED) is 0.539. The third kappa shape index (κ3) is 5.76. The lowest BCUT2D eigenvalue weighted by atomic mass is 9.85. The molecule has 2 N–H and O–H groups in total. The molecule has 6 nitrogen and oxygen atoms in total. The lowest BCUT2D eigenvalue weighted by molar-refractivity contribution is -0.122. The zero-order valence-corrected chi connectivity index (χ0v) is 16.6. The average molecular weight is 410 g/mol. The standard InChI is InChI=1S/C23H23FN2O4/c1-30-23(29)18-10-16(12-20(13-18)26-22(28)17-5-3-6-17)14-25-21(27)9-8-15-4-2-7-19(24)11-15/h2,4,7-13,17H,3,5-6,14H2,1H3,(H,25,27)(H,26,28)/b9-8+. The fourth-order valence-corrected chi connectivity index (χ4v) is 3.05. The van der Waals surface area contributed by atoms with E-state index in [0.717, 1.165) is 19.3 Å². The number of nitrogens with one attached hydrogen (secondary N) is 2. The van der Waals surface area contributed by atoms with Crippen molar-refractivity contribution >= 4 is 29.5 Å². The second kappa shape index (κ2) is 9.82. The molecule has 2 aromatic carbocycles. The number of hydrogen-bond donors (Lipinski definition) is 2. The van der Waals surface area contributed by atoms with Crippen LogP contribution in [-0.2, 0) is 20.9 Å². The molecule has 1 aliphatic carbocycles. The fraction of sp³-hybridized carbons (Fsp3) is 0.261. The lowest BCUT2D eigenvalue weighted by Gasteiger charge is -2.24. The summed E-state index contributed by atoms with van der Waals surface area (Å²) in [6, 6.07) is 10.8. The number of benzene rings is 2. The molecule has 0 spiro atoms. The molecule has 0 aromatic heterocycles. The van der Waals surface area contributed by atoms with Crippen LogP contribution in [0.2, 0.25) is 0 Å². The number of carbonyl (C=O) groups is 3. The van der Waals surface area contributed by atoms with Gasteiger partial charge >= 0.3 is 5.97 Å². The van der Waals surface area contributed by atoms with E-state index < -0.39 is 5.97 Å². The number of ether oxygens (including phenoxy) is 1. The summed E-state index contributed by atoms with van der Waals surface area (Å²) < 4.78 is 18.0. The smallest absolute Gasteiger partial charge is 0.337 e. The molecule has 0 heterocycles. The number of esters is 1. The Balaban J connectivity index is 1.67. The highest BCUT2D eigenvalue weighted by atomic mass is 19.1. The molecule has 0 aliphatic heterocycles. The molecular formula is C23H23FN2O4. The third-order valence-corrected chi connectivity index (χ3v) is 4.90. The highest BCUT2D eigenvalue weighted by Gasteiger charge is 2.25. The van der Waals surface area contributed by atoms with Crippen LogP contribution in [0.25, 0.3) is 6.08 Å². The van der Waals surface area contributed by atoms with Gasteiger partial charge in [-0.25, -0.2) is 9.18 Å². The number of halogens is 1. The van der Waals surface area contributed by atoms with E-state index in [0.29, 0.717) is 16.8 Å². The van der Waals surface area contributed by atoms with Crippen molar-refractivity contribution in [3.8, 4) is 0 Å². The molecule has 30 heavy (non-hydrogen) atoms. The Kier molecular flexibility index (Phi) is 6.95. The van der Waals surface area contributed by atoms with Gasteiger partial charge in [-0.15, -0.1) is 0 Å². The average Bonchev–Trinajstić information content (AvgIpc) is 2.68. The fourth-order valence-electron chi connectivity index (χ4n) is 3.05. The minimum absolute atomic E-state index is 0.00268. The van der Waals surface area contributed by atoms with E-state index in [1.54, 1.807) is 30.3 Å². The lowest BCUT2D eigenvalue weighted by Crippen LogP contribution is -2.28. The maximum Gasteiger partial charge on any atom is 0.337 e. The molecule has 0 unspecified atom stereocenters. The van der Waals surface area contributed by atoms with Gasteiger partial charge in [0.15, 0.2) is 0 Å². The highest BCUT2D eigenvalue weighted by molar-refractivity contribution is 5.96. The van der Waals surface area contributed by atoms with E-state index in [9.17, 15) is 18.8 Å². The molecule has 3 rings (SSSR count). The molecule has 0 bridgehead atoms. The highest BCUT2D eigenvalue weighted by Crippen LogP contribution is 2.28. The SMILES string of the molecule is COC(=O)c1cc(CNC(=O)/C=C/c2cccc(F)c2)cc(NC(=O)C2CCC2)c1. The maximum absolute atomic E-state index is 13.2. The van der Waals surface area contributed by atoms with Crippen LogP contribution in [0.5, 0.6) is 0 Å². The number of anilines is 1. The summed E-state index contributed by atoms with van der Waals surface area (Å²) in [5, 5.41) is 5.54. The van der Waals surface area contributed by atoms with Crippen LogP contribution in [0, 0.1) is 11.7 Å². The van der Waals surface area contributed by atoms with Crippen LogP contribution in [0.15, 0.2) is 48.5 Å². The summed E-state index contributed by atoms with van der Waals surface area (Å²) in [4.78, 5) is 36.3. The monoisotopic (exact) mass is 410 g/mol. The Labute approximate surface area is 174 Å². The Morgan fingerprint density at radius 2 is 1.97 bits per heavy atom. The van der Waals surface area contributed by atoms with Crippen molar-refractivity contribution in [3.05, 3.63) is 71.0 Å². The van der Waals surface area contributed by atoms with Crippen molar-refractivity contribution < 1.29 is 23.5 Å². The first-order chi connectivity index (χ1) is 14.4. The molecule has 1 fully saturated rings. The van der Waals surface area contributed by atoms with Crippen LogP contribution < -0.4 is 10.6 Å². The molecule has 0 radical (unpaired) electrons. The maximum atomic E-state index is 13.2. The third-order valence-electron chi connectivity index (χ3n) is 4.90. The molecule has 1 aliphatic rings. The Bertz CT molecular complexity index is 983. The summed E-state index contributed by atoms with van der Waals surface area (Å²) in [6.07, 6.45) is 5.58. The first-order valence-electron chi connectivity index (χ1n) is 9.69. The summed E-state index contributed by atoms with van der Waals surface area (Å²) in [5.41, 5.74) is 1.96. The van der Waals surface area contributed by atoms with Gasteiger partial charge in [-0.2, -0.15) is 0 Å². The topological polar surface area (TPSA) is 84.5 Å². The van der Waals surface area contributed by atoms with Gasteiger partial charge in [0.1, 0.15) is 5.82 Å². The van der Waals surface area contributed by atoms with E-state index in [4.69, 9.17) is 4.74 Å². The largest absolute Gasteiger partial charge is 0.465 e. The van der Waals surface area contributed by atoms with Gasteiger partial charge in [-0.05, 0) is 60.4 Å². The predicted octanol–water partition coefficient (Wildman–Crippen LogP) is 3.68. The summed E-state index contributed by atoms with van der Waals surface area (Å²) in [7, 11) is 1.28. The molecular weight excluding hydrogens is 387 g/mol. The van der Waals surface area contributed by atoms with Crippen molar-refractivity contribution in [1.29, 1.82) is 0 Å². The van der Waals surface area contributed by atoms with Gasteiger partial charge in [0.05, 0.1) is 12.7 Å². The number of carbonyl (C=O) groups excluding carboxylic acids is 3.